The number of hydrogen-bond acceptors (Lipinski definition) is 5. The Morgan fingerprint density at radius 3 is 2.59 bits per heavy atom. The summed E-state index contributed by atoms with van der Waals surface area (Å²) < 4.78 is 49.5. The molecule has 1 aliphatic rings. The number of piperidine rings is 1. The summed E-state index contributed by atoms with van der Waals surface area (Å²) in [6.07, 6.45) is 1.07. The molecule has 2 heterocycles. The lowest BCUT2D eigenvalue weighted by Crippen LogP contribution is -2.47. The lowest BCUT2D eigenvalue weighted by Gasteiger charge is -2.31. The number of nitrogens with one attached hydrogen (secondary N) is 2. The second kappa shape index (κ2) is 8.55. The first-order chi connectivity index (χ1) is 13.6. The summed E-state index contributed by atoms with van der Waals surface area (Å²) in [7, 11) is -3.95. The maximum Gasteiger partial charge on any atom is 0.434 e. The summed E-state index contributed by atoms with van der Waals surface area (Å²) in [6.45, 7) is 5.81. The van der Waals surface area contributed by atoms with E-state index < -0.39 is 33.7 Å². The highest BCUT2D eigenvalue weighted by atomic mass is 35.5. The number of halogens is 2. The van der Waals surface area contributed by atoms with Gasteiger partial charge in [-0.2, -0.15) is 17.4 Å². The smallest absolute Gasteiger partial charge is 0.391 e. The van der Waals surface area contributed by atoms with Crippen LogP contribution in [-0.2, 0) is 10.2 Å². The fourth-order valence-corrected chi connectivity index (χ4v) is 5.23. The zero-order chi connectivity index (χ0) is 21.3. The summed E-state index contributed by atoms with van der Waals surface area (Å²) >= 11 is 6.07. The molecule has 1 fully saturated rings. The zero-order valence-electron chi connectivity index (χ0n) is 16.4. The van der Waals surface area contributed by atoms with Crippen LogP contribution in [0.25, 0.3) is 0 Å². The molecule has 0 amide bonds. The normalized spacial score (nSPS) is 18.7. The van der Waals surface area contributed by atoms with Crippen LogP contribution in [0.1, 0.15) is 54.3 Å². The number of aryl methyl sites for hydroxylation is 1. The van der Waals surface area contributed by atoms with Gasteiger partial charge in [-0.15, -0.1) is 16.7 Å². The quantitative estimate of drug-likeness (QED) is 0.663. The highest BCUT2D eigenvalue weighted by Gasteiger charge is 2.36. The summed E-state index contributed by atoms with van der Waals surface area (Å²) in [4.78, 5) is 11.5. The number of aromatic nitrogens is 2. The average molecular weight is 447 g/mol. The lowest BCUT2D eigenvalue weighted by atomic mass is 9.88. The molecule has 2 aromatic rings. The van der Waals surface area contributed by atoms with Crippen LogP contribution in [0, 0.1) is 19.7 Å². The molecule has 2 N–H and O–H groups in total. The SMILES string of the molecule is Cc1ccc(F)c(C(C)[C@H](NS(=O)(=O)N2CCC(Cl)CC2)c2n[nH]c(=O)o2)c1C. The molecule has 1 aromatic carbocycles. The molecule has 1 aliphatic heterocycles. The Balaban J connectivity index is 1.98. The Morgan fingerprint density at radius 1 is 1.34 bits per heavy atom. The van der Waals surface area contributed by atoms with Crippen molar-refractivity contribution in [2.75, 3.05) is 13.1 Å². The molecule has 160 valence electrons. The molecule has 1 unspecified atom stereocenters. The van der Waals surface area contributed by atoms with E-state index in [9.17, 15) is 17.6 Å². The molecular formula is C18H24ClFN4O4S. The van der Waals surface area contributed by atoms with Crippen molar-refractivity contribution >= 4 is 21.8 Å². The Morgan fingerprint density at radius 2 is 2.00 bits per heavy atom. The molecule has 8 nitrogen and oxygen atoms in total. The first-order valence-electron chi connectivity index (χ1n) is 9.32. The number of H-pyrrole nitrogens is 1. The van der Waals surface area contributed by atoms with Gasteiger partial charge in [0.25, 0.3) is 10.2 Å². The monoisotopic (exact) mass is 446 g/mol. The third-order valence-electron chi connectivity index (χ3n) is 5.41. The van der Waals surface area contributed by atoms with E-state index >= 15 is 0 Å². The van der Waals surface area contributed by atoms with Crippen LogP contribution in [0.2, 0.25) is 0 Å². The predicted molar refractivity (Wildman–Crippen MR) is 107 cm³/mol. The fraction of sp³-hybridized carbons (Fsp3) is 0.556. The van der Waals surface area contributed by atoms with Crippen LogP contribution in [-0.4, -0.2) is 41.4 Å². The maximum atomic E-state index is 14.7. The van der Waals surface area contributed by atoms with Gasteiger partial charge < -0.3 is 4.42 Å². The standard InChI is InChI=1S/C18H24ClFN4O4S/c1-10-4-5-14(20)15(11(10)2)12(3)16(17-21-22-18(25)28-17)23-29(26,27)24-8-6-13(19)7-9-24/h4-5,12-13,16,23H,6-9H2,1-3H3,(H,22,25)/t12?,16-/m0/s1. The minimum absolute atomic E-state index is 0.0652. The Labute approximate surface area is 173 Å². The van der Waals surface area contributed by atoms with Crippen molar-refractivity contribution in [1.82, 2.24) is 19.2 Å². The number of hydrogen-bond donors (Lipinski definition) is 2. The summed E-state index contributed by atoms with van der Waals surface area (Å²) in [6, 6.07) is 1.92. The van der Waals surface area contributed by atoms with Crippen LogP contribution >= 0.6 is 11.6 Å². The van der Waals surface area contributed by atoms with E-state index in [0.29, 0.717) is 24.0 Å². The van der Waals surface area contributed by atoms with Gasteiger partial charge in [0, 0.05) is 24.4 Å². The summed E-state index contributed by atoms with van der Waals surface area (Å²) in [5, 5.41) is 5.86. The largest absolute Gasteiger partial charge is 0.434 e. The van der Waals surface area contributed by atoms with E-state index in [-0.39, 0.29) is 24.4 Å². The second-order valence-electron chi connectivity index (χ2n) is 7.32. The van der Waals surface area contributed by atoms with E-state index in [1.165, 1.54) is 10.4 Å². The average Bonchev–Trinajstić information content (AvgIpc) is 3.09. The first kappa shape index (κ1) is 21.9. The third-order valence-corrected chi connectivity index (χ3v) is 7.44. The van der Waals surface area contributed by atoms with E-state index in [4.69, 9.17) is 16.0 Å². The van der Waals surface area contributed by atoms with Crippen molar-refractivity contribution in [2.45, 2.75) is 50.9 Å². The van der Waals surface area contributed by atoms with Gasteiger partial charge in [0.1, 0.15) is 11.9 Å². The number of benzene rings is 1. The van der Waals surface area contributed by atoms with Crippen molar-refractivity contribution in [2.24, 2.45) is 0 Å². The van der Waals surface area contributed by atoms with E-state index in [1.807, 2.05) is 6.92 Å². The van der Waals surface area contributed by atoms with Gasteiger partial charge in [0.15, 0.2) is 0 Å². The van der Waals surface area contributed by atoms with Crippen LogP contribution in [0.4, 0.5) is 4.39 Å². The molecule has 11 heteroatoms. The minimum Gasteiger partial charge on any atom is -0.391 e. The van der Waals surface area contributed by atoms with Crippen molar-refractivity contribution in [3.05, 3.63) is 51.1 Å². The first-order valence-corrected chi connectivity index (χ1v) is 11.2. The molecule has 0 bridgehead atoms. The molecule has 29 heavy (non-hydrogen) atoms. The second-order valence-corrected chi connectivity index (χ2v) is 9.64. The molecule has 0 saturated carbocycles. The van der Waals surface area contributed by atoms with Gasteiger partial charge in [-0.05, 0) is 49.4 Å². The Hall–Kier alpha value is -1.75. The molecule has 1 saturated heterocycles. The van der Waals surface area contributed by atoms with Gasteiger partial charge in [0.05, 0.1) is 0 Å². The van der Waals surface area contributed by atoms with Gasteiger partial charge in [-0.3, -0.25) is 0 Å². The van der Waals surface area contributed by atoms with Gasteiger partial charge in [0.2, 0.25) is 5.89 Å². The molecule has 3 rings (SSSR count). The topological polar surface area (TPSA) is 108 Å². The highest BCUT2D eigenvalue weighted by molar-refractivity contribution is 7.87. The van der Waals surface area contributed by atoms with E-state index in [1.54, 1.807) is 19.9 Å². The Bertz CT molecular complexity index is 1030. The number of aromatic amines is 1. The van der Waals surface area contributed by atoms with Gasteiger partial charge in [-0.1, -0.05) is 13.0 Å². The van der Waals surface area contributed by atoms with E-state index in [0.717, 1.165) is 5.56 Å². The van der Waals surface area contributed by atoms with Crippen molar-refractivity contribution < 1.29 is 17.2 Å². The number of alkyl halides is 1. The molecule has 0 aliphatic carbocycles. The summed E-state index contributed by atoms with van der Waals surface area (Å²) in [5.41, 5.74) is 1.90. The van der Waals surface area contributed by atoms with Crippen molar-refractivity contribution in [1.29, 1.82) is 0 Å². The fourth-order valence-electron chi connectivity index (χ4n) is 3.57. The number of nitrogens with zero attached hydrogens (tertiary/aromatic N) is 2. The van der Waals surface area contributed by atoms with Crippen LogP contribution in [0.15, 0.2) is 21.3 Å². The number of rotatable bonds is 6. The molecule has 2 atom stereocenters. The van der Waals surface area contributed by atoms with Crippen molar-refractivity contribution in [3.8, 4) is 0 Å². The van der Waals surface area contributed by atoms with Crippen LogP contribution < -0.4 is 10.5 Å². The lowest BCUT2D eigenvalue weighted by molar-refractivity contribution is 0.327. The van der Waals surface area contributed by atoms with E-state index in [2.05, 4.69) is 14.9 Å². The van der Waals surface area contributed by atoms with Gasteiger partial charge >= 0.3 is 5.76 Å². The third kappa shape index (κ3) is 4.71. The molecule has 0 spiro atoms. The van der Waals surface area contributed by atoms with Crippen LogP contribution in [0.5, 0.6) is 0 Å². The van der Waals surface area contributed by atoms with Gasteiger partial charge in [-0.25, -0.2) is 14.3 Å². The zero-order valence-corrected chi connectivity index (χ0v) is 18.0. The Kier molecular flexibility index (Phi) is 6.47. The van der Waals surface area contributed by atoms with Crippen LogP contribution in [0.3, 0.4) is 0 Å². The molecule has 1 aromatic heterocycles. The predicted octanol–water partition coefficient (Wildman–Crippen LogP) is 2.50. The summed E-state index contributed by atoms with van der Waals surface area (Å²) in [5.74, 6) is -2.13. The maximum absolute atomic E-state index is 14.7. The molecular weight excluding hydrogens is 423 g/mol. The highest BCUT2D eigenvalue weighted by Crippen LogP contribution is 2.35. The molecule has 0 radical (unpaired) electrons. The van der Waals surface area contributed by atoms with Crippen molar-refractivity contribution in [3.63, 3.8) is 0 Å². The minimum atomic E-state index is -3.95.